The van der Waals surface area contributed by atoms with E-state index < -0.39 is 47.0 Å². The molecule has 3 aromatic rings. The van der Waals surface area contributed by atoms with Crippen molar-refractivity contribution in [1.82, 2.24) is 0 Å². The van der Waals surface area contributed by atoms with E-state index in [1.807, 2.05) is 6.92 Å². The summed E-state index contributed by atoms with van der Waals surface area (Å²) in [6, 6.07) is 8.63. The summed E-state index contributed by atoms with van der Waals surface area (Å²) >= 11 is 0. The minimum Gasteiger partial charge on any atom is -0.429 e. The summed E-state index contributed by atoms with van der Waals surface area (Å²) in [7, 11) is 0. The molecule has 11 heteroatoms. The number of halogens is 8. The van der Waals surface area contributed by atoms with Crippen LogP contribution in [0.5, 0.6) is 11.5 Å². The Labute approximate surface area is 225 Å². The molecule has 0 unspecified atom stereocenters. The molecular formula is C29H26F8O3. The molecule has 1 saturated carbocycles. The molecule has 0 atom stereocenters. The van der Waals surface area contributed by atoms with E-state index in [2.05, 4.69) is 9.47 Å². The van der Waals surface area contributed by atoms with Gasteiger partial charge in [-0.2, -0.15) is 8.78 Å². The first kappa shape index (κ1) is 29.6. The van der Waals surface area contributed by atoms with Crippen molar-refractivity contribution < 1.29 is 49.3 Å². The molecule has 0 saturated heterocycles. The van der Waals surface area contributed by atoms with Gasteiger partial charge in [0.15, 0.2) is 23.2 Å². The second-order valence-electron chi connectivity index (χ2n) is 9.54. The van der Waals surface area contributed by atoms with E-state index in [4.69, 9.17) is 4.74 Å². The summed E-state index contributed by atoms with van der Waals surface area (Å²) < 4.78 is 124. The van der Waals surface area contributed by atoms with Gasteiger partial charge in [-0.05, 0) is 79.8 Å². The van der Waals surface area contributed by atoms with Gasteiger partial charge in [-0.3, -0.25) is 0 Å². The van der Waals surface area contributed by atoms with E-state index in [1.165, 1.54) is 12.1 Å². The van der Waals surface area contributed by atoms with E-state index in [9.17, 15) is 26.3 Å². The lowest BCUT2D eigenvalue weighted by Gasteiger charge is -2.29. The zero-order valence-electron chi connectivity index (χ0n) is 21.3. The molecule has 0 aromatic heterocycles. The molecular weight excluding hydrogens is 548 g/mol. The number of hydrogen-bond donors (Lipinski definition) is 0. The van der Waals surface area contributed by atoms with Crippen LogP contribution < -0.4 is 9.47 Å². The van der Waals surface area contributed by atoms with Gasteiger partial charge in [0.25, 0.3) is 0 Å². The molecule has 0 radical (unpaired) electrons. The molecule has 1 aliphatic carbocycles. The van der Waals surface area contributed by atoms with E-state index in [-0.39, 0.29) is 22.6 Å². The van der Waals surface area contributed by atoms with Crippen LogP contribution >= 0.6 is 0 Å². The van der Waals surface area contributed by atoms with Crippen LogP contribution in [0.1, 0.15) is 49.7 Å². The van der Waals surface area contributed by atoms with Crippen molar-refractivity contribution in [2.45, 2.75) is 51.0 Å². The molecule has 0 N–H and O–H groups in total. The van der Waals surface area contributed by atoms with Crippen molar-refractivity contribution in [2.75, 3.05) is 13.2 Å². The lowest BCUT2D eigenvalue weighted by Crippen LogP contribution is -2.22. The fourth-order valence-corrected chi connectivity index (χ4v) is 4.83. The van der Waals surface area contributed by atoms with Crippen LogP contribution in [0.3, 0.4) is 0 Å². The third-order valence-corrected chi connectivity index (χ3v) is 6.86. The number of benzene rings is 3. The van der Waals surface area contributed by atoms with Crippen molar-refractivity contribution in [3.63, 3.8) is 0 Å². The zero-order valence-corrected chi connectivity index (χ0v) is 21.3. The number of alkyl halides is 5. The Morgan fingerprint density at radius 3 is 2.05 bits per heavy atom. The van der Waals surface area contributed by atoms with Crippen molar-refractivity contribution in [3.05, 3.63) is 83.2 Å². The van der Waals surface area contributed by atoms with Crippen molar-refractivity contribution in [3.8, 4) is 22.6 Å². The highest BCUT2D eigenvalue weighted by molar-refractivity contribution is 5.65. The molecule has 0 spiro atoms. The van der Waals surface area contributed by atoms with Crippen LogP contribution in [0.25, 0.3) is 11.1 Å². The van der Waals surface area contributed by atoms with Gasteiger partial charge in [0.2, 0.25) is 0 Å². The van der Waals surface area contributed by atoms with Gasteiger partial charge >= 0.3 is 12.5 Å². The van der Waals surface area contributed by atoms with E-state index in [1.54, 1.807) is 0 Å². The average molecular weight is 575 g/mol. The molecule has 3 aromatic carbocycles. The van der Waals surface area contributed by atoms with Crippen molar-refractivity contribution in [1.29, 1.82) is 0 Å². The summed E-state index contributed by atoms with van der Waals surface area (Å²) in [5.41, 5.74) is -0.382. The maximum atomic E-state index is 15.1. The minimum absolute atomic E-state index is 0.107. The van der Waals surface area contributed by atoms with Gasteiger partial charge in [-0.15, -0.1) is 13.2 Å². The van der Waals surface area contributed by atoms with Crippen LogP contribution in [0.15, 0.2) is 54.6 Å². The Balaban J connectivity index is 1.46. The predicted octanol–water partition coefficient (Wildman–Crippen LogP) is 9.11. The molecule has 216 valence electrons. The first-order chi connectivity index (χ1) is 18.9. The average Bonchev–Trinajstić information content (AvgIpc) is 2.90. The molecule has 0 aliphatic heterocycles. The topological polar surface area (TPSA) is 27.7 Å². The molecule has 4 rings (SSSR count). The monoisotopic (exact) mass is 574 g/mol. The lowest BCUT2D eigenvalue weighted by molar-refractivity contribution is -0.275. The summed E-state index contributed by atoms with van der Waals surface area (Å²) in [5.74, 6) is -5.30. The summed E-state index contributed by atoms with van der Waals surface area (Å²) in [6.07, 6.45) is -6.07. The molecule has 1 fully saturated rings. The Morgan fingerprint density at radius 1 is 0.775 bits per heavy atom. The fourth-order valence-electron chi connectivity index (χ4n) is 4.83. The van der Waals surface area contributed by atoms with Gasteiger partial charge in [0, 0.05) is 24.8 Å². The third kappa shape index (κ3) is 7.04. The largest absolute Gasteiger partial charge is 0.573 e. The summed E-state index contributed by atoms with van der Waals surface area (Å²) in [4.78, 5) is 0. The highest BCUT2D eigenvalue weighted by atomic mass is 19.4. The fraction of sp³-hybridized carbons (Fsp3) is 0.379. The third-order valence-electron chi connectivity index (χ3n) is 6.86. The molecule has 0 bridgehead atoms. The predicted molar refractivity (Wildman–Crippen MR) is 131 cm³/mol. The second kappa shape index (κ2) is 12.0. The quantitative estimate of drug-likeness (QED) is 0.239. The number of ether oxygens (including phenoxy) is 3. The van der Waals surface area contributed by atoms with Crippen LogP contribution in [0, 0.1) is 23.4 Å². The smallest absolute Gasteiger partial charge is 0.429 e. The second-order valence-corrected chi connectivity index (χ2v) is 9.54. The van der Waals surface area contributed by atoms with E-state index in [0.29, 0.717) is 50.2 Å². The SMILES string of the molecule is CCOCC1CCC(c2ccc(-c3ccc(C(F)(F)Oc4ccc(OC(F)(F)F)c(F)c4)cc3)c(F)c2F)CC1. The first-order valence-corrected chi connectivity index (χ1v) is 12.7. The van der Waals surface area contributed by atoms with Crippen LogP contribution in [-0.4, -0.2) is 19.6 Å². The van der Waals surface area contributed by atoms with E-state index in [0.717, 1.165) is 37.1 Å². The Morgan fingerprint density at radius 2 is 1.45 bits per heavy atom. The molecule has 40 heavy (non-hydrogen) atoms. The Bertz CT molecular complexity index is 1300. The summed E-state index contributed by atoms with van der Waals surface area (Å²) in [5, 5.41) is 0. The van der Waals surface area contributed by atoms with Crippen molar-refractivity contribution >= 4 is 0 Å². The van der Waals surface area contributed by atoms with Gasteiger partial charge < -0.3 is 14.2 Å². The van der Waals surface area contributed by atoms with Gasteiger partial charge in [0.05, 0.1) is 5.56 Å². The Kier molecular flexibility index (Phi) is 8.92. The number of hydrogen-bond acceptors (Lipinski definition) is 3. The first-order valence-electron chi connectivity index (χ1n) is 12.7. The van der Waals surface area contributed by atoms with Gasteiger partial charge in [0.1, 0.15) is 5.75 Å². The van der Waals surface area contributed by atoms with Gasteiger partial charge in [-0.1, -0.05) is 24.3 Å². The molecule has 0 amide bonds. The van der Waals surface area contributed by atoms with Crippen LogP contribution in [0.2, 0.25) is 0 Å². The number of rotatable bonds is 9. The lowest BCUT2D eigenvalue weighted by atomic mass is 9.78. The standard InChI is InChI=1S/C29H26F8O3/c1-2-38-16-17-3-5-18(6-4-17)22-12-13-23(27(32)26(22)31)19-7-9-20(10-8-19)28(33,34)39-21-11-14-25(24(30)15-21)40-29(35,36)37/h7-15,17-18H,2-6,16H2,1H3. The molecule has 0 heterocycles. The van der Waals surface area contributed by atoms with Crippen LogP contribution in [0.4, 0.5) is 35.1 Å². The maximum Gasteiger partial charge on any atom is 0.573 e. The highest BCUT2D eigenvalue weighted by Crippen LogP contribution is 2.40. The molecule has 1 aliphatic rings. The zero-order chi connectivity index (χ0) is 29.1. The van der Waals surface area contributed by atoms with Crippen LogP contribution in [-0.2, 0) is 10.8 Å². The normalized spacial score (nSPS) is 18.0. The highest BCUT2D eigenvalue weighted by Gasteiger charge is 2.36. The minimum atomic E-state index is -5.17. The van der Waals surface area contributed by atoms with E-state index >= 15 is 8.78 Å². The summed E-state index contributed by atoms with van der Waals surface area (Å²) in [6.45, 7) is 3.20. The molecule has 3 nitrogen and oxygen atoms in total. The van der Waals surface area contributed by atoms with Gasteiger partial charge in [-0.25, -0.2) is 13.2 Å². The van der Waals surface area contributed by atoms with Crippen molar-refractivity contribution in [2.24, 2.45) is 5.92 Å². The maximum absolute atomic E-state index is 15.1. The Hall–Kier alpha value is -3.34.